The van der Waals surface area contributed by atoms with Gasteiger partial charge in [-0.3, -0.25) is 4.72 Å². The van der Waals surface area contributed by atoms with E-state index in [-0.39, 0.29) is 30.5 Å². The summed E-state index contributed by atoms with van der Waals surface area (Å²) in [4.78, 5) is 17.1. The van der Waals surface area contributed by atoms with Crippen LogP contribution in [0, 0.1) is 5.92 Å². The highest BCUT2D eigenvalue weighted by Gasteiger charge is 2.17. The molecule has 0 saturated carbocycles. The van der Waals surface area contributed by atoms with Crippen molar-refractivity contribution in [3.8, 4) is 5.88 Å². The Morgan fingerprint density at radius 2 is 1.83 bits per heavy atom. The number of anilines is 2. The van der Waals surface area contributed by atoms with Gasteiger partial charge in [-0.05, 0) is 23.8 Å². The second kappa shape index (κ2) is 10.5. The molecule has 0 aliphatic heterocycles. The lowest BCUT2D eigenvalue weighted by Crippen LogP contribution is -2.27. The fourth-order valence-corrected chi connectivity index (χ4v) is 3.34. The first kappa shape index (κ1) is 23.7. The Balaban J connectivity index is 2.28. The van der Waals surface area contributed by atoms with Crippen molar-refractivity contribution in [1.29, 1.82) is 0 Å². The van der Waals surface area contributed by atoms with E-state index in [4.69, 9.17) is 4.74 Å². The minimum Gasteiger partial charge on any atom is -0.481 e. The van der Waals surface area contributed by atoms with E-state index in [2.05, 4.69) is 30.0 Å². The molecule has 30 heavy (non-hydrogen) atoms. The lowest BCUT2D eigenvalue weighted by atomic mass is 9.99. The number of sulfonamides is 1. The molecular formula is C19H30N6O4S. The molecule has 0 radical (unpaired) electrons. The number of ether oxygens (including phenoxy) is 1. The van der Waals surface area contributed by atoms with Gasteiger partial charge in [-0.1, -0.05) is 26.8 Å². The summed E-state index contributed by atoms with van der Waals surface area (Å²) >= 11 is 0. The predicted octanol–water partition coefficient (Wildman–Crippen LogP) is 1.81. The smallest absolute Gasteiger partial charge is 0.241 e. The number of hydrogen-bond donors (Lipinski definition) is 3. The average molecular weight is 439 g/mol. The lowest BCUT2D eigenvalue weighted by Gasteiger charge is -2.19. The zero-order chi connectivity index (χ0) is 22.3. The number of aliphatic hydroxyl groups is 1. The fraction of sp³-hybridized carbons (Fsp3) is 0.579. The monoisotopic (exact) mass is 438 g/mol. The molecule has 10 nitrogen and oxygen atoms in total. The molecule has 2 heterocycles. The van der Waals surface area contributed by atoms with Gasteiger partial charge in [-0.15, -0.1) is 0 Å². The van der Waals surface area contributed by atoms with E-state index in [1.165, 1.54) is 0 Å². The third-order valence-corrected chi connectivity index (χ3v) is 4.85. The van der Waals surface area contributed by atoms with E-state index < -0.39 is 10.0 Å². The Morgan fingerprint density at radius 1 is 1.13 bits per heavy atom. The number of methoxy groups -OCH3 is 1. The van der Waals surface area contributed by atoms with Gasteiger partial charge in [0, 0.05) is 18.7 Å². The number of rotatable bonds is 11. The van der Waals surface area contributed by atoms with Gasteiger partial charge in [0.1, 0.15) is 5.82 Å². The number of hydrogen-bond acceptors (Lipinski definition) is 9. The van der Waals surface area contributed by atoms with E-state index in [1.807, 2.05) is 26.8 Å². The normalized spacial score (nSPS) is 13.7. The van der Waals surface area contributed by atoms with Crippen molar-refractivity contribution >= 4 is 21.9 Å². The summed E-state index contributed by atoms with van der Waals surface area (Å²) in [6.07, 6.45) is 3.91. The molecule has 2 rings (SSSR count). The van der Waals surface area contributed by atoms with Crippen molar-refractivity contribution in [3.63, 3.8) is 0 Å². The van der Waals surface area contributed by atoms with Crippen LogP contribution in [0.5, 0.6) is 5.88 Å². The summed E-state index contributed by atoms with van der Waals surface area (Å²) in [5, 5.41) is 12.7. The third kappa shape index (κ3) is 7.71. The Bertz CT molecular complexity index is 921. The molecule has 0 amide bonds. The van der Waals surface area contributed by atoms with Crippen LogP contribution in [0.2, 0.25) is 0 Å². The summed E-state index contributed by atoms with van der Waals surface area (Å²) in [5.74, 6) is 1.47. The molecule has 2 atom stereocenters. The van der Waals surface area contributed by atoms with Crippen LogP contribution in [-0.2, 0) is 16.4 Å². The lowest BCUT2D eigenvalue weighted by molar-refractivity contribution is 0.259. The summed E-state index contributed by atoms with van der Waals surface area (Å²) in [7, 11) is -2.00. The minimum atomic E-state index is -3.56. The third-order valence-electron chi connectivity index (χ3n) is 4.29. The van der Waals surface area contributed by atoms with Gasteiger partial charge < -0.3 is 15.2 Å². The summed E-state index contributed by atoms with van der Waals surface area (Å²) in [5.41, 5.74) is 0.969. The topological polar surface area (TPSA) is 139 Å². The van der Waals surface area contributed by atoms with Crippen LogP contribution in [0.15, 0.2) is 18.3 Å². The molecular weight excluding hydrogens is 408 g/mol. The molecule has 0 fully saturated rings. The summed E-state index contributed by atoms with van der Waals surface area (Å²) in [6, 6.07) is 3.44. The Kier molecular flexibility index (Phi) is 8.30. The Morgan fingerprint density at radius 3 is 2.37 bits per heavy atom. The van der Waals surface area contributed by atoms with Gasteiger partial charge in [-0.25, -0.2) is 13.4 Å². The predicted molar refractivity (Wildman–Crippen MR) is 115 cm³/mol. The summed E-state index contributed by atoms with van der Waals surface area (Å²) in [6.45, 7) is 6.00. The van der Waals surface area contributed by atoms with Crippen LogP contribution in [0.1, 0.15) is 44.5 Å². The molecule has 11 heteroatoms. The van der Waals surface area contributed by atoms with Gasteiger partial charge >= 0.3 is 0 Å². The van der Waals surface area contributed by atoms with Crippen LogP contribution in [-0.4, -0.2) is 59.5 Å². The van der Waals surface area contributed by atoms with Crippen molar-refractivity contribution in [2.45, 2.75) is 45.6 Å². The van der Waals surface area contributed by atoms with Gasteiger partial charge in [-0.2, -0.15) is 15.0 Å². The van der Waals surface area contributed by atoms with Gasteiger partial charge in [0.2, 0.25) is 27.8 Å². The second-order valence-electron chi connectivity index (χ2n) is 7.67. The molecule has 0 unspecified atom stereocenters. The van der Waals surface area contributed by atoms with Gasteiger partial charge in [0.25, 0.3) is 0 Å². The number of pyridine rings is 1. The molecule has 0 bridgehead atoms. The van der Waals surface area contributed by atoms with Crippen molar-refractivity contribution in [2.24, 2.45) is 5.92 Å². The largest absolute Gasteiger partial charge is 0.481 e. The van der Waals surface area contributed by atoms with Crippen molar-refractivity contribution in [3.05, 3.63) is 29.7 Å². The highest BCUT2D eigenvalue weighted by molar-refractivity contribution is 7.91. The van der Waals surface area contributed by atoms with Crippen LogP contribution < -0.4 is 14.8 Å². The number of aliphatic hydroxyl groups excluding tert-OH is 1. The minimum absolute atomic E-state index is 0.0223. The SMILES string of the molecule is COc1ccc([C@@H](C)Cc2nc(N[C@@H](CO)CC(C)C)nc(NS(C)(=O)=O)n2)cn1. The van der Waals surface area contributed by atoms with Gasteiger partial charge in [0.05, 0.1) is 26.0 Å². The first-order valence-electron chi connectivity index (χ1n) is 9.69. The van der Waals surface area contributed by atoms with Crippen molar-refractivity contribution < 1.29 is 18.3 Å². The Hall–Kier alpha value is -2.53. The van der Waals surface area contributed by atoms with E-state index in [9.17, 15) is 13.5 Å². The maximum Gasteiger partial charge on any atom is 0.241 e. The molecule has 2 aromatic rings. The Labute approximate surface area is 177 Å². The molecule has 166 valence electrons. The highest BCUT2D eigenvalue weighted by atomic mass is 32.2. The number of nitrogens with one attached hydrogen (secondary N) is 2. The number of aromatic nitrogens is 4. The van der Waals surface area contributed by atoms with E-state index in [0.29, 0.717) is 30.5 Å². The van der Waals surface area contributed by atoms with E-state index in [1.54, 1.807) is 19.4 Å². The molecule has 0 aliphatic rings. The van der Waals surface area contributed by atoms with Crippen LogP contribution in [0.4, 0.5) is 11.9 Å². The van der Waals surface area contributed by atoms with E-state index >= 15 is 0 Å². The van der Waals surface area contributed by atoms with Crippen molar-refractivity contribution in [1.82, 2.24) is 19.9 Å². The molecule has 0 aliphatic carbocycles. The standard InChI is InChI=1S/C19H30N6O4S/c1-12(2)8-15(11-26)21-18-22-16(23-19(24-18)25-30(5,27)28)9-13(3)14-6-7-17(29-4)20-10-14/h6-7,10,12-13,15,26H,8-9,11H2,1-5H3,(H2,21,22,23,24,25)/t13-,15+/m0/s1. The van der Waals surface area contributed by atoms with E-state index in [0.717, 1.165) is 11.8 Å². The maximum absolute atomic E-state index is 11.7. The zero-order valence-corrected chi connectivity index (χ0v) is 18.8. The van der Waals surface area contributed by atoms with Crippen LogP contribution >= 0.6 is 0 Å². The summed E-state index contributed by atoms with van der Waals surface area (Å²) < 4.78 is 30.7. The first-order valence-corrected chi connectivity index (χ1v) is 11.6. The fourth-order valence-electron chi connectivity index (χ4n) is 2.91. The average Bonchev–Trinajstić information content (AvgIpc) is 2.65. The van der Waals surface area contributed by atoms with Crippen LogP contribution in [0.3, 0.4) is 0 Å². The van der Waals surface area contributed by atoms with Crippen LogP contribution in [0.25, 0.3) is 0 Å². The second-order valence-corrected chi connectivity index (χ2v) is 9.41. The van der Waals surface area contributed by atoms with Crippen molar-refractivity contribution in [2.75, 3.05) is 30.0 Å². The molecule has 0 aromatic carbocycles. The quantitative estimate of drug-likeness (QED) is 0.479. The first-order chi connectivity index (χ1) is 14.1. The molecule has 3 N–H and O–H groups in total. The molecule has 0 saturated heterocycles. The zero-order valence-electron chi connectivity index (χ0n) is 18.0. The molecule has 2 aromatic heterocycles. The number of nitrogens with zero attached hydrogens (tertiary/aromatic N) is 4. The maximum atomic E-state index is 11.7. The molecule has 0 spiro atoms. The van der Waals surface area contributed by atoms with Gasteiger partial charge in [0.15, 0.2) is 0 Å². The highest BCUT2D eigenvalue weighted by Crippen LogP contribution is 2.21.